The van der Waals surface area contributed by atoms with Crippen LogP contribution >= 0.6 is 0 Å². The zero-order chi connectivity index (χ0) is 16.4. The van der Waals surface area contributed by atoms with Gasteiger partial charge in [0.05, 0.1) is 5.92 Å². The number of Topliss-reactive ketones (excluding diaryl/α,β-unsaturated/α-hetero) is 1. The molecule has 1 aliphatic rings. The van der Waals surface area contributed by atoms with Gasteiger partial charge in [0.2, 0.25) is 11.8 Å². The van der Waals surface area contributed by atoms with Crippen LogP contribution in [0.1, 0.15) is 41.3 Å². The lowest BCUT2D eigenvalue weighted by molar-refractivity contribution is -0.135. The standard InChI is InChI=1S/C17H18FNO3/c1-4-11-8-14(18)9(2)7-13(11)16(21)10(3)12-5-6-15(20)19-17(12)22/h7-8,12H,3-6H2,1-2H3,(H,19,20,22). The van der Waals surface area contributed by atoms with Gasteiger partial charge in [0.1, 0.15) is 5.82 Å². The Bertz CT molecular complexity index is 679. The van der Waals surface area contributed by atoms with Crippen LogP contribution < -0.4 is 5.32 Å². The number of nitrogens with one attached hydrogen (secondary N) is 1. The summed E-state index contributed by atoms with van der Waals surface area (Å²) < 4.78 is 13.6. The van der Waals surface area contributed by atoms with Crippen molar-refractivity contribution in [2.24, 2.45) is 5.92 Å². The van der Waals surface area contributed by atoms with E-state index >= 15 is 0 Å². The Morgan fingerprint density at radius 3 is 2.68 bits per heavy atom. The molecule has 1 saturated heterocycles. The molecular formula is C17H18FNO3. The van der Waals surface area contributed by atoms with Crippen molar-refractivity contribution in [3.63, 3.8) is 0 Å². The van der Waals surface area contributed by atoms with E-state index in [-0.39, 0.29) is 35.9 Å². The molecule has 2 rings (SSSR count). The lowest BCUT2D eigenvalue weighted by atomic mass is 9.85. The Morgan fingerprint density at radius 1 is 1.41 bits per heavy atom. The fourth-order valence-corrected chi connectivity index (χ4v) is 2.58. The second-order valence-corrected chi connectivity index (χ2v) is 5.47. The number of halogens is 1. The van der Waals surface area contributed by atoms with E-state index in [4.69, 9.17) is 0 Å². The zero-order valence-electron chi connectivity index (χ0n) is 12.7. The van der Waals surface area contributed by atoms with Crippen LogP contribution in [0.2, 0.25) is 0 Å². The average Bonchev–Trinajstić information content (AvgIpc) is 2.48. The average molecular weight is 303 g/mol. The molecule has 1 heterocycles. The Labute approximate surface area is 128 Å². The molecule has 1 fully saturated rings. The molecule has 4 nitrogen and oxygen atoms in total. The van der Waals surface area contributed by atoms with Gasteiger partial charge in [0, 0.05) is 17.6 Å². The van der Waals surface area contributed by atoms with Crippen molar-refractivity contribution in [1.82, 2.24) is 5.32 Å². The lowest BCUT2D eigenvalue weighted by Gasteiger charge is -2.22. The minimum absolute atomic E-state index is 0.144. The Kier molecular flexibility index (Phi) is 4.54. The van der Waals surface area contributed by atoms with Crippen LogP contribution in [0.4, 0.5) is 4.39 Å². The van der Waals surface area contributed by atoms with Gasteiger partial charge in [-0.05, 0) is 43.0 Å². The molecule has 0 aromatic heterocycles. The number of ketones is 1. The summed E-state index contributed by atoms with van der Waals surface area (Å²) in [6.45, 7) is 7.15. The maximum Gasteiger partial charge on any atom is 0.234 e. The molecule has 1 aromatic carbocycles. The first kappa shape index (κ1) is 16.1. The van der Waals surface area contributed by atoms with Crippen molar-refractivity contribution in [3.05, 3.63) is 46.8 Å². The molecule has 0 bridgehead atoms. The number of amides is 2. The van der Waals surface area contributed by atoms with Gasteiger partial charge in [-0.25, -0.2) is 4.39 Å². The molecule has 1 aliphatic heterocycles. The van der Waals surface area contributed by atoms with Gasteiger partial charge in [-0.2, -0.15) is 0 Å². The van der Waals surface area contributed by atoms with Crippen molar-refractivity contribution >= 4 is 17.6 Å². The molecule has 1 aromatic rings. The molecule has 0 spiro atoms. The van der Waals surface area contributed by atoms with Crippen molar-refractivity contribution in [2.45, 2.75) is 33.1 Å². The monoisotopic (exact) mass is 303 g/mol. The number of hydrogen-bond acceptors (Lipinski definition) is 3. The van der Waals surface area contributed by atoms with Crippen LogP contribution in [0.3, 0.4) is 0 Å². The molecule has 1 N–H and O–H groups in total. The third-order valence-corrected chi connectivity index (χ3v) is 3.96. The third-order valence-electron chi connectivity index (χ3n) is 3.96. The summed E-state index contributed by atoms with van der Waals surface area (Å²) >= 11 is 0. The number of carbonyl (C=O) groups excluding carboxylic acids is 3. The van der Waals surface area contributed by atoms with E-state index in [0.29, 0.717) is 23.1 Å². The van der Waals surface area contributed by atoms with Crippen LogP contribution in [-0.2, 0) is 16.0 Å². The summed E-state index contributed by atoms with van der Waals surface area (Å²) in [5, 5.41) is 2.21. The number of carbonyl (C=O) groups is 3. The normalized spacial score (nSPS) is 18.0. The molecular weight excluding hydrogens is 285 g/mol. The van der Waals surface area contributed by atoms with Crippen LogP contribution in [-0.4, -0.2) is 17.6 Å². The fourth-order valence-electron chi connectivity index (χ4n) is 2.58. The molecule has 0 radical (unpaired) electrons. The van der Waals surface area contributed by atoms with Crippen LogP contribution in [0.15, 0.2) is 24.3 Å². The van der Waals surface area contributed by atoms with Crippen molar-refractivity contribution in [2.75, 3.05) is 0 Å². The maximum absolute atomic E-state index is 13.6. The van der Waals surface area contributed by atoms with Crippen molar-refractivity contribution < 1.29 is 18.8 Å². The molecule has 5 heteroatoms. The van der Waals surface area contributed by atoms with Crippen LogP contribution in [0, 0.1) is 18.7 Å². The number of imide groups is 1. The maximum atomic E-state index is 13.6. The quantitative estimate of drug-likeness (QED) is 0.528. The van der Waals surface area contributed by atoms with Gasteiger partial charge < -0.3 is 0 Å². The van der Waals surface area contributed by atoms with Gasteiger partial charge in [-0.3, -0.25) is 19.7 Å². The predicted molar refractivity (Wildman–Crippen MR) is 79.9 cm³/mol. The first-order valence-corrected chi connectivity index (χ1v) is 7.21. The summed E-state index contributed by atoms with van der Waals surface area (Å²) in [5.74, 6) is -2.27. The van der Waals surface area contributed by atoms with E-state index in [2.05, 4.69) is 11.9 Å². The minimum Gasteiger partial charge on any atom is -0.296 e. The highest BCUT2D eigenvalue weighted by atomic mass is 19.1. The van der Waals surface area contributed by atoms with Gasteiger partial charge in [-0.15, -0.1) is 0 Å². The number of rotatable bonds is 4. The number of benzene rings is 1. The van der Waals surface area contributed by atoms with E-state index < -0.39 is 11.8 Å². The highest BCUT2D eigenvalue weighted by molar-refractivity contribution is 6.14. The summed E-state index contributed by atoms with van der Waals surface area (Å²) in [5.41, 5.74) is 1.47. The molecule has 1 atom stereocenters. The van der Waals surface area contributed by atoms with E-state index in [1.165, 1.54) is 12.1 Å². The van der Waals surface area contributed by atoms with Gasteiger partial charge in [-0.1, -0.05) is 13.5 Å². The summed E-state index contributed by atoms with van der Waals surface area (Å²) in [4.78, 5) is 35.7. The van der Waals surface area contributed by atoms with E-state index in [1.54, 1.807) is 6.92 Å². The SMILES string of the molecule is C=C(C(=O)c1cc(C)c(F)cc1CC)C1CCC(=O)NC1=O. The summed E-state index contributed by atoms with van der Waals surface area (Å²) in [6, 6.07) is 2.84. The van der Waals surface area contributed by atoms with Gasteiger partial charge >= 0.3 is 0 Å². The molecule has 0 aliphatic carbocycles. The Balaban J connectivity index is 2.32. The second-order valence-electron chi connectivity index (χ2n) is 5.47. The highest BCUT2D eigenvalue weighted by Gasteiger charge is 2.32. The predicted octanol–water partition coefficient (Wildman–Crippen LogP) is 2.49. The topological polar surface area (TPSA) is 63.2 Å². The van der Waals surface area contributed by atoms with Gasteiger partial charge in [0.15, 0.2) is 5.78 Å². The molecule has 0 saturated carbocycles. The molecule has 116 valence electrons. The third kappa shape index (κ3) is 2.98. The van der Waals surface area contributed by atoms with E-state index in [9.17, 15) is 18.8 Å². The Morgan fingerprint density at radius 2 is 2.09 bits per heavy atom. The fraction of sp³-hybridized carbons (Fsp3) is 0.353. The van der Waals surface area contributed by atoms with Crippen LogP contribution in [0.5, 0.6) is 0 Å². The largest absolute Gasteiger partial charge is 0.296 e. The molecule has 1 unspecified atom stereocenters. The number of piperidine rings is 1. The van der Waals surface area contributed by atoms with Crippen molar-refractivity contribution in [1.29, 1.82) is 0 Å². The Hall–Kier alpha value is -2.30. The smallest absolute Gasteiger partial charge is 0.234 e. The number of aryl methyl sites for hydroxylation is 2. The van der Waals surface area contributed by atoms with E-state index in [1.807, 2.05) is 6.92 Å². The minimum atomic E-state index is -0.708. The zero-order valence-corrected chi connectivity index (χ0v) is 12.7. The first-order chi connectivity index (χ1) is 10.3. The first-order valence-electron chi connectivity index (χ1n) is 7.21. The van der Waals surface area contributed by atoms with Crippen LogP contribution in [0.25, 0.3) is 0 Å². The van der Waals surface area contributed by atoms with Crippen molar-refractivity contribution in [3.8, 4) is 0 Å². The molecule has 22 heavy (non-hydrogen) atoms. The van der Waals surface area contributed by atoms with Gasteiger partial charge in [0.25, 0.3) is 0 Å². The molecule has 2 amide bonds. The number of hydrogen-bond donors (Lipinski definition) is 1. The summed E-state index contributed by atoms with van der Waals surface area (Å²) in [6.07, 6.45) is 0.962. The highest BCUT2D eigenvalue weighted by Crippen LogP contribution is 2.26. The second kappa shape index (κ2) is 6.22. The van der Waals surface area contributed by atoms with E-state index in [0.717, 1.165) is 0 Å². The summed E-state index contributed by atoms with van der Waals surface area (Å²) in [7, 11) is 0. The lowest BCUT2D eigenvalue weighted by Crippen LogP contribution is -2.42.